The Labute approximate surface area is 97.2 Å². The van der Waals surface area contributed by atoms with E-state index in [1.165, 1.54) is 5.57 Å². The lowest BCUT2D eigenvalue weighted by Crippen LogP contribution is -2.42. The molecule has 5 heteroatoms. The van der Waals surface area contributed by atoms with E-state index < -0.39 is 6.09 Å². The van der Waals surface area contributed by atoms with E-state index in [-0.39, 0.29) is 12.1 Å². The first kappa shape index (κ1) is 9.84. The van der Waals surface area contributed by atoms with Gasteiger partial charge < -0.3 is 5.11 Å². The number of thiazole rings is 1. The Hall–Kier alpha value is -1.36. The average Bonchev–Trinajstić information content (AvgIpc) is 2.85. The topological polar surface area (TPSA) is 53.4 Å². The lowest BCUT2D eigenvalue weighted by molar-refractivity contribution is 0.128. The average molecular weight is 236 g/mol. The summed E-state index contributed by atoms with van der Waals surface area (Å²) in [4.78, 5) is 17.0. The predicted molar refractivity (Wildman–Crippen MR) is 61.4 cm³/mol. The number of amides is 1. The molecule has 3 heterocycles. The van der Waals surface area contributed by atoms with Gasteiger partial charge in [-0.1, -0.05) is 6.08 Å². The first-order chi connectivity index (χ1) is 7.75. The molecule has 84 valence electrons. The van der Waals surface area contributed by atoms with Crippen LogP contribution in [0.15, 0.2) is 17.0 Å². The maximum Gasteiger partial charge on any atom is 0.408 e. The number of carboxylic acid groups (broad SMARTS) is 1. The summed E-state index contributed by atoms with van der Waals surface area (Å²) in [7, 11) is 0. The van der Waals surface area contributed by atoms with Crippen LogP contribution in [0.1, 0.15) is 25.0 Å². The van der Waals surface area contributed by atoms with Gasteiger partial charge in [-0.3, -0.25) is 4.90 Å². The maximum absolute atomic E-state index is 11.1. The van der Waals surface area contributed by atoms with Gasteiger partial charge in [0.25, 0.3) is 0 Å². The summed E-state index contributed by atoms with van der Waals surface area (Å²) >= 11 is 1.58. The van der Waals surface area contributed by atoms with Gasteiger partial charge in [-0.15, -0.1) is 11.3 Å². The van der Waals surface area contributed by atoms with Crippen molar-refractivity contribution in [2.24, 2.45) is 0 Å². The third-order valence-electron chi connectivity index (χ3n) is 3.38. The summed E-state index contributed by atoms with van der Waals surface area (Å²) in [5.74, 6) is 0. The summed E-state index contributed by atoms with van der Waals surface area (Å²) in [5, 5.41) is 11.1. The van der Waals surface area contributed by atoms with E-state index >= 15 is 0 Å². The lowest BCUT2D eigenvalue weighted by atomic mass is 10.00. The van der Waals surface area contributed by atoms with Crippen molar-refractivity contribution >= 4 is 23.0 Å². The minimum Gasteiger partial charge on any atom is -0.465 e. The highest BCUT2D eigenvalue weighted by Gasteiger charge is 2.39. The van der Waals surface area contributed by atoms with Crippen molar-refractivity contribution in [3.63, 3.8) is 0 Å². The molecule has 2 aliphatic heterocycles. The summed E-state index contributed by atoms with van der Waals surface area (Å²) in [6, 6.07) is 0.220. The zero-order chi connectivity index (χ0) is 11.1. The fourth-order valence-electron chi connectivity index (χ4n) is 2.69. The third-order valence-corrected chi connectivity index (χ3v) is 3.96. The fraction of sp³-hybridized carbons (Fsp3) is 0.455. The Balaban J connectivity index is 1.92. The SMILES string of the molecule is O=C(O)N1C2C=C(c3cscn3)CC1CC2. The summed E-state index contributed by atoms with van der Waals surface area (Å²) < 4.78 is 0. The van der Waals surface area contributed by atoms with Crippen LogP contribution < -0.4 is 0 Å². The van der Waals surface area contributed by atoms with Crippen LogP contribution in [0.25, 0.3) is 5.57 Å². The molecule has 1 aromatic rings. The van der Waals surface area contributed by atoms with Crippen molar-refractivity contribution in [3.8, 4) is 0 Å². The van der Waals surface area contributed by atoms with Crippen LogP contribution in [0.4, 0.5) is 4.79 Å². The molecule has 0 saturated carbocycles. The summed E-state index contributed by atoms with van der Waals surface area (Å²) in [5.41, 5.74) is 4.06. The molecule has 2 aliphatic rings. The van der Waals surface area contributed by atoms with Gasteiger partial charge >= 0.3 is 6.09 Å². The number of carbonyl (C=O) groups is 1. The van der Waals surface area contributed by atoms with Gasteiger partial charge in [0.1, 0.15) is 0 Å². The Morgan fingerprint density at radius 1 is 1.56 bits per heavy atom. The monoisotopic (exact) mass is 236 g/mol. The number of hydrogen-bond acceptors (Lipinski definition) is 3. The van der Waals surface area contributed by atoms with E-state index in [0.717, 1.165) is 25.0 Å². The summed E-state index contributed by atoms with van der Waals surface area (Å²) in [6.07, 6.45) is 4.02. The highest BCUT2D eigenvalue weighted by molar-refractivity contribution is 7.07. The second-order valence-electron chi connectivity index (χ2n) is 4.26. The summed E-state index contributed by atoms with van der Waals surface area (Å²) in [6.45, 7) is 0. The minimum atomic E-state index is -0.791. The Kier molecular flexibility index (Phi) is 2.21. The predicted octanol–water partition coefficient (Wildman–Crippen LogP) is 2.44. The molecule has 1 amide bonds. The number of nitrogens with zero attached hydrogens (tertiary/aromatic N) is 2. The third kappa shape index (κ3) is 1.43. The second-order valence-corrected chi connectivity index (χ2v) is 4.98. The van der Waals surface area contributed by atoms with Crippen LogP contribution in [0, 0.1) is 0 Å². The number of fused-ring (bicyclic) bond motifs is 2. The highest BCUT2D eigenvalue weighted by atomic mass is 32.1. The van der Waals surface area contributed by atoms with Crippen LogP contribution in [0.3, 0.4) is 0 Å². The van der Waals surface area contributed by atoms with Gasteiger partial charge in [0, 0.05) is 11.4 Å². The highest BCUT2D eigenvalue weighted by Crippen LogP contribution is 2.38. The molecule has 2 bridgehead atoms. The molecule has 0 radical (unpaired) electrons. The molecule has 2 atom stereocenters. The van der Waals surface area contributed by atoms with E-state index in [1.807, 2.05) is 10.9 Å². The van der Waals surface area contributed by atoms with Gasteiger partial charge in [0.05, 0.1) is 17.2 Å². The molecular weight excluding hydrogens is 224 g/mol. The van der Waals surface area contributed by atoms with Crippen molar-refractivity contribution in [1.82, 2.24) is 9.88 Å². The standard InChI is InChI=1S/C11H12N2O2S/c14-11(15)13-8-1-2-9(13)4-7(3-8)10-5-16-6-12-10/h3,5-6,8-9H,1-2,4H2,(H,14,15). The van der Waals surface area contributed by atoms with Crippen molar-refractivity contribution in [1.29, 1.82) is 0 Å². The normalized spacial score (nSPS) is 28.0. The Morgan fingerprint density at radius 3 is 3.06 bits per heavy atom. The van der Waals surface area contributed by atoms with Crippen LogP contribution in [-0.4, -0.2) is 33.2 Å². The number of aromatic nitrogens is 1. The molecule has 0 aliphatic carbocycles. The lowest BCUT2D eigenvalue weighted by Gasteiger charge is -2.31. The van der Waals surface area contributed by atoms with Crippen LogP contribution in [0.2, 0.25) is 0 Å². The van der Waals surface area contributed by atoms with Gasteiger partial charge in [0.2, 0.25) is 0 Å². The Bertz CT molecular complexity index is 441. The first-order valence-corrected chi connectivity index (χ1v) is 6.30. The fourth-order valence-corrected chi connectivity index (χ4v) is 3.27. The quantitative estimate of drug-likeness (QED) is 0.814. The van der Waals surface area contributed by atoms with Crippen molar-refractivity contribution in [2.75, 3.05) is 0 Å². The molecule has 4 nitrogen and oxygen atoms in total. The van der Waals surface area contributed by atoms with Gasteiger partial charge in [-0.05, 0) is 24.8 Å². The molecule has 1 aromatic heterocycles. The van der Waals surface area contributed by atoms with E-state index in [0.29, 0.717) is 0 Å². The zero-order valence-electron chi connectivity index (χ0n) is 8.67. The van der Waals surface area contributed by atoms with E-state index in [4.69, 9.17) is 5.11 Å². The number of hydrogen-bond donors (Lipinski definition) is 1. The molecule has 1 saturated heterocycles. The molecule has 2 unspecified atom stereocenters. The van der Waals surface area contributed by atoms with E-state index in [1.54, 1.807) is 16.2 Å². The largest absolute Gasteiger partial charge is 0.465 e. The van der Waals surface area contributed by atoms with E-state index in [2.05, 4.69) is 11.1 Å². The van der Waals surface area contributed by atoms with Crippen LogP contribution >= 0.6 is 11.3 Å². The van der Waals surface area contributed by atoms with Gasteiger partial charge in [0.15, 0.2) is 0 Å². The number of rotatable bonds is 1. The Morgan fingerprint density at radius 2 is 2.44 bits per heavy atom. The van der Waals surface area contributed by atoms with Gasteiger partial charge in [-0.25, -0.2) is 9.78 Å². The molecule has 3 rings (SSSR count). The molecule has 0 spiro atoms. The molecule has 0 aromatic carbocycles. The first-order valence-electron chi connectivity index (χ1n) is 5.36. The second kappa shape index (κ2) is 3.59. The molecule has 1 N–H and O–H groups in total. The van der Waals surface area contributed by atoms with Crippen molar-refractivity contribution in [3.05, 3.63) is 22.7 Å². The molecule has 16 heavy (non-hydrogen) atoms. The molecular formula is C11H12N2O2S. The van der Waals surface area contributed by atoms with Gasteiger partial charge in [-0.2, -0.15) is 0 Å². The molecule has 1 fully saturated rings. The maximum atomic E-state index is 11.1. The zero-order valence-corrected chi connectivity index (χ0v) is 9.48. The smallest absolute Gasteiger partial charge is 0.408 e. The van der Waals surface area contributed by atoms with E-state index in [9.17, 15) is 4.79 Å². The van der Waals surface area contributed by atoms with Crippen LogP contribution in [0.5, 0.6) is 0 Å². The van der Waals surface area contributed by atoms with Crippen LogP contribution in [-0.2, 0) is 0 Å². The van der Waals surface area contributed by atoms with Crippen molar-refractivity contribution < 1.29 is 9.90 Å². The van der Waals surface area contributed by atoms with Crippen molar-refractivity contribution in [2.45, 2.75) is 31.3 Å². The minimum absolute atomic E-state index is 0.0629.